The Hall–Kier alpha value is -2.27. The van der Waals surface area contributed by atoms with Crippen LogP contribution in [0.15, 0.2) is 54.6 Å². The maximum Gasteiger partial charge on any atom is 0.0647 e. The van der Waals surface area contributed by atoms with Crippen molar-refractivity contribution in [1.29, 1.82) is 5.26 Å². The van der Waals surface area contributed by atoms with Gasteiger partial charge in [0, 0.05) is 5.69 Å². The first kappa shape index (κ1) is 14.1. The van der Waals surface area contributed by atoms with E-state index in [1.54, 1.807) is 0 Å². The van der Waals surface area contributed by atoms with E-state index in [1.165, 1.54) is 5.56 Å². The topological polar surface area (TPSA) is 35.8 Å². The van der Waals surface area contributed by atoms with Gasteiger partial charge < -0.3 is 5.32 Å². The summed E-state index contributed by atoms with van der Waals surface area (Å²) in [5, 5.41) is 12.4. The molecule has 0 aliphatic rings. The molecule has 1 unspecified atom stereocenters. The molecule has 2 aromatic rings. The van der Waals surface area contributed by atoms with Gasteiger partial charge >= 0.3 is 0 Å². The minimum atomic E-state index is 0.0334. The van der Waals surface area contributed by atoms with Crippen LogP contribution in [0.2, 0.25) is 0 Å². The molecule has 0 aliphatic carbocycles. The van der Waals surface area contributed by atoms with Crippen molar-refractivity contribution in [3.8, 4) is 6.07 Å². The predicted octanol–water partition coefficient (Wildman–Crippen LogP) is 4.88. The smallest absolute Gasteiger partial charge is 0.0647 e. The van der Waals surface area contributed by atoms with Crippen molar-refractivity contribution in [2.45, 2.75) is 32.2 Å². The number of nitriles is 1. The van der Waals surface area contributed by atoms with Gasteiger partial charge in [-0.2, -0.15) is 5.26 Å². The van der Waals surface area contributed by atoms with Crippen molar-refractivity contribution >= 4 is 5.69 Å². The fourth-order valence-corrected chi connectivity index (χ4v) is 2.19. The van der Waals surface area contributed by atoms with Crippen LogP contribution in [0.4, 0.5) is 5.69 Å². The number of hydrogen-bond acceptors (Lipinski definition) is 2. The lowest BCUT2D eigenvalue weighted by atomic mass is 10.0. The highest BCUT2D eigenvalue weighted by molar-refractivity contribution is 5.47. The molecule has 0 fully saturated rings. The molecule has 2 rings (SSSR count). The summed E-state index contributed by atoms with van der Waals surface area (Å²) in [4.78, 5) is 0. The minimum absolute atomic E-state index is 0.0334. The average molecular weight is 264 g/mol. The third-order valence-corrected chi connectivity index (χ3v) is 3.42. The number of benzene rings is 2. The van der Waals surface area contributed by atoms with Crippen LogP contribution >= 0.6 is 0 Å². The second-order valence-corrected chi connectivity index (χ2v) is 5.25. The van der Waals surface area contributed by atoms with Crippen LogP contribution in [0.5, 0.6) is 0 Å². The summed E-state index contributed by atoms with van der Waals surface area (Å²) in [6, 6.07) is 20.8. The summed E-state index contributed by atoms with van der Waals surface area (Å²) in [6.07, 6.45) is 0.454. The minimum Gasteiger partial charge on any atom is -0.377 e. The summed E-state index contributed by atoms with van der Waals surface area (Å²) in [5.41, 5.74) is 3.52. The van der Waals surface area contributed by atoms with Gasteiger partial charge in [-0.05, 0) is 29.2 Å². The molecule has 0 aliphatic heterocycles. The van der Waals surface area contributed by atoms with E-state index in [2.05, 4.69) is 61.6 Å². The summed E-state index contributed by atoms with van der Waals surface area (Å²) in [7, 11) is 0. The molecular weight excluding hydrogens is 244 g/mol. The van der Waals surface area contributed by atoms with E-state index in [0.717, 1.165) is 11.3 Å². The number of anilines is 1. The van der Waals surface area contributed by atoms with Gasteiger partial charge in [-0.1, -0.05) is 56.3 Å². The van der Waals surface area contributed by atoms with Crippen LogP contribution in [0.1, 0.15) is 43.4 Å². The van der Waals surface area contributed by atoms with E-state index in [-0.39, 0.29) is 6.04 Å². The first-order valence-electron chi connectivity index (χ1n) is 6.99. The van der Waals surface area contributed by atoms with E-state index < -0.39 is 0 Å². The summed E-state index contributed by atoms with van der Waals surface area (Å²) >= 11 is 0. The lowest BCUT2D eigenvalue weighted by Gasteiger charge is -2.18. The van der Waals surface area contributed by atoms with E-state index in [9.17, 15) is 0 Å². The van der Waals surface area contributed by atoms with Gasteiger partial charge in [-0.15, -0.1) is 0 Å². The Balaban J connectivity index is 2.14. The highest BCUT2D eigenvalue weighted by Gasteiger charge is 2.10. The molecule has 1 N–H and O–H groups in total. The van der Waals surface area contributed by atoms with Crippen molar-refractivity contribution in [2.75, 3.05) is 5.32 Å². The highest BCUT2D eigenvalue weighted by Crippen LogP contribution is 2.24. The molecule has 102 valence electrons. The Bertz CT molecular complexity index is 565. The summed E-state index contributed by atoms with van der Waals surface area (Å²) in [6.45, 7) is 4.37. The lowest BCUT2D eigenvalue weighted by molar-refractivity contribution is 0.805. The van der Waals surface area contributed by atoms with Gasteiger partial charge in [0.25, 0.3) is 0 Å². The first-order valence-corrected chi connectivity index (χ1v) is 6.99. The van der Waals surface area contributed by atoms with E-state index in [4.69, 9.17) is 5.26 Å². The van der Waals surface area contributed by atoms with Gasteiger partial charge in [0.05, 0.1) is 18.5 Å². The Labute approximate surface area is 121 Å². The second-order valence-electron chi connectivity index (χ2n) is 5.25. The average Bonchev–Trinajstić information content (AvgIpc) is 2.48. The monoisotopic (exact) mass is 264 g/mol. The third-order valence-electron chi connectivity index (χ3n) is 3.42. The van der Waals surface area contributed by atoms with E-state index >= 15 is 0 Å². The molecular formula is C18H20N2. The molecule has 0 saturated heterocycles. The fraction of sp³-hybridized carbons (Fsp3) is 0.278. The van der Waals surface area contributed by atoms with Crippen molar-refractivity contribution in [1.82, 2.24) is 0 Å². The fourth-order valence-electron chi connectivity index (χ4n) is 2.19. The molecule has 1 atom stereocenters. The van der Waals surface area contributed by atoms with Crippen molar-refractivity contribution in [3.63, 3.8) is 0 Å². The van der Waals surface area contributed by atoms with Gasteiger partial charge in [-0.3, -0.25) is 0 Å². The Morgan fingerprint density at radius 2 is 1.60 bits per heavy atom. The van der Waals surface area contributed by atoms with Gasteiger partial charge in [-0.25, -0.2) is 0 Å². The molecule has 2 nitrogen and oxygen atoms in total. The molecule has 2 aromatic carbocycles. The van der Waals surface area contributed by atoms with Gasteiger partial charge in [0.1, 0.15) is 0 Å². The largest absolute Gasteiger partial charge is 0.377 e. The molecule has 0 heterocycles. The number of nitrogens with zero attached hydrogens (tertiary/aromatic N) is 1. The molecule has 20 heavy (non-hydrogen) atoms. The standard InChI is InChI=1S/C18H20N2/c1-14(2)15-8-10-17(11-9-15)20-18(12-13-19)16-6-4-3-5-7-16/h3-11,14,18,20H,12H2,1-2H3. The maximum atomic E-state index is 9.00. The quantitative estimate of drug-likeness (QED) is 0.835. The Morgan fingerprint density at radius 1 is 0.950 bits per heavy atom. The molecule has 0 bridgehead atoms. The Morgan fingerprint density at radius 3 is 2.15 bits per heavy atom. The highest BCUT2D eigenvalue weighted by atomic mass is 14.9. The zero-order valence-corrected chi connectivity index (χ0v) is 12.0. The molecule has 0 saturated carbocycles. The van der Waals surface area contributed by atoms with Crippen molar-refractivity contribution < 1.29 is 0 Å². The summed E-state index contributed by atoms with van der Waals surface area (Å²) < 4.78 is 0. The number of nitrogens with one attached hydrogen (secondary N) is 1. The zero-order valence-electron chi connectivity index (χ0n) is 12.0. The van der Waals surface area contributed by atoms with Crippen LogP contribution in [-0.4, -0.2) is 0 Å². The Kier molecular flexibility index (Phi) is 4.79. The summed E-state index contributed by atoms with van der Waals surface area (Å²) in [5.74, 6) is 0.535. The predicted molar refractivity (Wildman–Crippen MR) is 83.6 cm³/mol. The van der Waals surface area contributed by atoms with Crippen molar-refractivity contribution in [3.05, 3.63) is 65.7 Å². The maximum absolute atomic E-state index is 9.00. The molecule has 0 radical (unpaired) electrons. The van der Waals surface area contributed by atoms with Crippen molar-refractivity contribution in [2.24, 2.45) is 0 Å². The molecule has 0 spiro atoms. The van der Waals surface area contributed by atoms with Crippen LogP contribution in [0.3, 0.4) is 0 Å². The number of hydrogen-bond donors (Lipinski definition) is 1. The lowest BCUT2D eigenvalue weighted by Crippen LogP contribution is -2.10. The number of rotatable bonds is 5. The molecule has 0 aromatic heterocycles. The first-order chi connectivity index (χ1) is 9.70. The van der Waals surface area contributed by atoms with Crippen LogP contribution in [0.25, 0.3) is 0 Å². The van der Waals surface area contributed by atoms with Crippen LogP contribution < -0.4 is 5.32 Å². The van der Waals surface area contributed by atoms with Gasteiger partial charge in [0.15, 0.2) is 0 Å². The zero-order chi connectivity index (χ0) is 14.4. The SMILES string of the molecule is CC(C)c1ccc(NC(CC#N)c2ccccc2)cc1. The van der Waals surface area contributed by atoms with Crippen LogP contribution in [0, 0.1) is 11.3 Å². The second kappa shape index (κ2) is 6.77. The van der Waals surface area contributed by atoms with Crippen LogP contribution in [-0.2, 0) is 0 Å². The normalized spacial score (nSPS) is 11.9. The molecule has 2 heteroatoms. The molecule has 0 amide bonds. The van der Waals surface area contributed by atoms with Gasteiger partial charge in [0.2, 0.25) is 0 Å². The van der Waals surface area contributed by atoms with E-state index in [1.807, 2.05) is 18.2 Å². The third kappa shape index (κ3) is 3.61. The van der Waals surface area contributed by atoms with E-state index in [0.29, 0.717) is 12.3 Å².